The number of nitrogens with one attached hydrogen (secondary N) is 2. The van der Waals surface area contributed by atoms with E-state index in [-0.39, 0.29) is 18.5 Å². The van der Waals surface area contributed by atoms with Crippen LogP contribution in [0.4, 0.5) is 0 Å². The molecule has 1 fully saturated rings. The quantitative estimate of drug-likeness (QED) is 0.719. The van der Waals surface area contributed by atoms with Gasteiger partial charge in [0.1, 0.15) is 0 Å². The highest BCUT2D eigenvalue weighted by Gasteiger charge is 2.23. The maximum absolute atomic E-state index is 9.67. The number of β-amino-alcohol motifs (C(OH)–C–C–N with tert-alkyl or cyclic N) is 1. The standard InChI is InChI=1S/C13H24N4O.ClH/c1-10(2)8-17-9-11(4-16-17)3-14-5-12-6-15-7-13(12)18;/h4,9-10,12-15,18H,3,5-8H2,1-2H3;1H. The highest BCUT2D eigenvalue weighted by atomic mass is 35.5. The minimum atomic E-state index is -0.207. The molecule has 19 heavy (non-hydrogen) atoms. The van der Waals surface area contributed by atoms with E-state index < -0.39 is 0 Å². The van der Waals surface area contributed by atoms with Gasteiger partial charge in [-0.05, 0) is 5.92 Å². The molecule has 0 amide bonds. The number of hydrogen-bond acceptors (Lipinski definition) is 4. The lowest BCUT2D eigenvalue weighted by Crippen LogP contribution is -2.30. The Labute approximate surface area is 121 Å². The normalized spacial score (nSPS) is 22.7. The summed E-state index contributed by atoms with van der Waals surface area (Å²) < 4.78 is 1.99. The average molecular weight is 289 g/mol. The van der Waals surface area contributed by atoms with Crippen molar-refractivity contribution in [3.8, 4) is 0 Å². The van der Waals surface area contributed by atoms with Crippen molar-refractivity contribution >= 4 is 12.4 Å². The first-order valence-electron chi connectivity index (χ1n) is 6.76. The van der Waals surface area contributed by atoms with Gasteiger partial charge in [0.25, 0.3) is 0 Å². The summed E-state index contributed by atoms with van der Waals surface area (Å²) in [7, 11) is 0. The van der Waals surface area contributed by atoms with Gasteiger partial charge in [0, 0.05) is 50.4 Å². The van der Waals surface area contributed by atoms with Gasteiger partial charge in [-0.25, -0.2) is 0 Å². The fourth-order valence-electron chi connectivity index (χ4n) is 2.30. The van der Waals surface area contributed by atoms with E-state index in [2.05, 4.69) is 35.8 Å². The Morgan fingerprint density at radius 2 is 2.32 bits per heavy atom. The minimum absolute atomic E-state index is 0. The molecule has 6 heteroatoms. The van der Waals surface area contributed by atoms with Crippen LogP contribution in [0, 0.1) is 11.8 Å². The van der Waals surface area contributed by atoms with Crippen molar-refractivity contribution in [2.45, 2.75) is 33.0 Å². The van der Waals surface area contributed by atoms with Crippen LogP contribution in [-0.2, 0) is 13.1 Å². The smallest absolute Gasteiger partial charge is 0.0716 e. The maximum atomic E-state index is 9.67. The van der Waals surface area contributed by atoms with Crippen LogP contribution in [0.5, 0.6) is 0 Å². The van der Waals surface area contributed by atoms with E-state index in [0.717, 1.165) is 32.7 Å². The highest BCUT2D eigenvalue weighted by Crippen LogP contribution is 2.08. The molecule has 2 heterocycles. The van der Waals surface area contributed by atoms with E-state index in [9.17, 15) is 5.11 Å². The summed E-state index contributed by atoms with van der Waals surface area (Å²) in [5.74, 6) is 0.945. The average Bonchev–Trinajstić information content (AvgIpc) is 2.89. The van der Waals surface area contributed by atoms with Crippen LogP contribution >= 0.6 is 12.4 Å². The zero-order valence-electron chi connectivity index (χ0n) is 11.7. The second kappa shape index (κ2) is 7.85. The molecule has 0 bridgehead atoms. The fraction of sp³-hybridized carbons (Fsp3) is 0.769. The number of aliphatic hydroxyl groups excluding tert-OH is 1. The van der Waals surface area contributed by atoms with Gasteiger partial charge >= 0.3 is 0 Å². The molecule has 1 saturated heterocycles. The third-order valence-electron chi connectivity index (χ3n) is 3.28. The predicted molar refractivity (Wildman–Crippen MR) is 78.4 cm³/mol. The molecular formula is C13H25ClN4O. The molecule has 0 radical (unpaired) electrons. The van der Waals surface area contributed by atoms with E-state index in [0.29, 0.717) is 11.8 Å². The summed E-state index contributed by atoms with van der Waals surface area (Å²) in [6, 6.07) is 0. The summed E-state index contributed by atoms with van der Waals surface area (Å²) in [6.07, 6.45) is 3.80. The van der Waals surface area contributed by atoms with E-state index in [1.165, 1.54) is 5.56 Å². The first-order chi connectivity index (χ1) is 8.65. The third kappa shape index (κ3) is 5.10. The van der Waals surface area contributed by atoms with E-state index >= 15 is 0 Å². The van der Waals surface area contributed by atoms with Gasteiger partial charge in [0.2, 0.25) is 0 Å². The van der Waals surface area contributed by atoms with Gasteiger partial charge in [-0.1, -0.05) is 13.8 Å². The molecule has 3 N–H and O–H groups in total. The monoisotopic (exact) mass is 288 g/mol. The molecule has 0 aliphatic carbocycles. The van der Waals surface area contributed by atoms with Crippen molar-refractivity contribution in [1.29, 1.82) is 0 Å². The largest absolute Gasteiger partial charge is 0.391 e. The highest BCUT2D eigenvalue weighted by molar-refractivity contribution is 5.85. The molecule has 5 nitrogen and oxygen atoms in total. The minimum Gasteiger partial charge on any atom is -0.391 e. The van der Waals surface area contributed by atoms with Gasteiger partial charge in [-0.3, -0.25) is 4.68 Å². The summed E-state index contributed by atoms with van der Waals surface area (Å²) >= 11 is 0. The molecule has 1 aliphatic rings. The molecule has 0 spiro atoms. The van der Waals surface area contributed by atoms with E-state index in [1.54, 1.807) is 0 Å². The number of rotatable bonds is 6. The zero-order chi connectivity index (χ0) is 13.0. The SMILES string of the molecule is CC(C)Cn1cc(CNCC2CNCC2O)cn1.Cl. The summed E-state index contributed by atoms with van der Waals surface area (Å²) in [4.78, 5) is 0. The first kappa shape index (κ1) is 16.4. The second-order valence-corrected chi connectivity index (χ2v) is 5.58. The lowest BCUT2D eigenvalue weighted by molar-refractivity contribution is 0.146. The number of nitrogens with zero attached hydrogens (tertiary/aromatic N) is 2. The van der Waals surface area contributed by atoms with Gasteiger partial charge < -0.3 is 15.7 Å². The van der Waals surface area contributed by atoms with Gasteiger partial charge in [0.05, 0.1) is 12.3 Å². The molecule has 2 rings (SSSR count). The molecule has 1 aliphatic heterocycles. The van der Waals surface area contributed by atoms with Crippen molar-refractivity contribution in [2.24, 2.45) is 11.8 Å². The van der Waals surface area contributed by atoms with E-state index in [4.69, 9.17) is 0 Å². The Kier molecular flexibility index (Phi) is 6.79. The molecule has 1 aromatic rings. The lowest BCUT2D eigenvalue weighted by Gasteiger charge is -2.13. The zero-order valence-corrected chi connectivity index (χ0v) is 12.5. The van der Waals surface area contributed by atoms with Crippen LogP contribution in [0.25, 0.3) is 0 Å². The van der Waals surface area contributed by atoms with Gasteiger partial charge in [-0.15, -0.1) is 12.4 Å². The second-order valence-electron chi connectivity index (χ2n) is 5.58. The first-order valence-corrected chi connectivity index (χ1v) is 6.76. The van der Waals surface area contributed by atoms with Crippen LogP contribution in [0.3, 0.4) is 0 Å². The number of hydrogen-bond donors (Lipinski definition) is 3. The van der Waals surface area contributed by atoms with E-state index in [1.807, 2.05) is 10.9 Å². The van der Waals surface area contributed by atoms with Gasteiger partial charge in [-0.2, -0.15) is 5.10 Å². The van der Waals surface area contributed by atoms with Crippen molar-refractivity contribution in [3.05, 3.63) is 18.0 Å². The Balaban J connectivity index is 0.00000180. The Morgan fingerprint density at radius 1 is 1.53 bits per heavy atom. The Morgan fingerprint density at radius 3 is 2.95 bits per heavy atom. The Bertz CT molecular complexity index is 369. The van der Waals surface area contributed by atoms with Crippen LogP contribution in [-0.4, -0.2) is 40.6 Å². The fourth-order valence-corrected chi connectivity index (χ4v) is 2.30. The number of aromatic nitrogens is 2. The predicted octanol–water partition coefficient (Wildman–Crippen LogP) is 0.631. The lowest BCUT2D eigenvalue weighted by atomic mass is 10.1. The summed E-state index contributed by atoms with van der Waals surface area (Å²) in [5.41, 5.74) is 1.20. The summed E-state index contributed by atoms with van der Waals surface area (Å²) in [6.45, 7) is 8.64. The summed E-state index contributed by atoms with van der Waals surface area (Å²) in [5, 5.41) is 20.6. The van der Waals surface area contributed by atoms with Crippen LogP contribution < -0.4 is 10.6 Å². The molecule has 2 atom stereocenters. The molecule has 110 valence electrons. The van der Waals surface area contributed by atoms with Gasteiger partial charge in [0.15, 0.2) is 0 Å². The maximum Gasteiger partial charge on any atom is 0.0716 e. The van der Waals surface area contributed by atoms with Crippen LogP contribution in [0.15, 0.2) is 12.4 Å². The third-order valence-corrected chi connectivity index (χ3v) is 3.28. The molecule has 0 saturated carbocycles. The van der Waals surface area contributed by atoms with Crippen molar-refractivity contribution < 1.29 is 5.11 Å². The Hall–Kier alpha value is -0.620. The van der Waals surface area contributed by atoms with Crippen LogP contribution in [0.1, 0.15) is 19.4 Å². The van der Waals surface area contributed by atoms with Crippen molar-refractivity contribution in [2.75, 3.05) is 19.6 Å². The molecule has 0 aromatic carbocycles. The van der Waals surface area contributed by atoms with Crippen LogP contribution in [0.2, 0.25) is 0 Å². The molecule has 1 aromatic heterocycles. The molecular weight excluding hydrogens is 264 g/mol. The number of aliphatic hydroxyl groups is 1. The van der Waals surface area contributed by atoms with Crippen molar-refractivity contribution in [1.82, 2.24) is 20.4 Å². The van der Waals surface area contributed by atoms with Crippen molar-refractivity contribution in [3.63, 3.8) is 0 Å². The topological polar surface area (TPSA) is 62.1 Å². The molecule has 2 unspecified atom stereocenters. The number of halogens is 1.